The van der Waals surface area contributed by atoms with Gasteiger partial charge in [-0.3, -0.25) is 9.10 Å². The average molecular weight is 457 g/mol. The quantitative estimate of drug-likeness (QED) is 0.535. The van der Waals surface area contributed by atoms with Crippen LogP contribution in [-0.4, -0.2) is 26.4 Å². The highest BCUT2D eigenvalue weighted by molar-refractivity contribution is 7.92. The normalized spacial score (nSPS) is 11.7. The molecule has 0 atom stereocenters. The van der Waals surface area contributed by atoms with Gasteiger partial charge in [-0.05, 0) is 56.2 Å². The van der Waals surface area contributed by atoms with E-state index in [0.717, 1.165) is 9.87 Å². The van der Waals surface area contributed by atoms with Gasteiger partial charge < -0.3 is 5.32 Å². The van der Waals surface area contributed by atoms with Crippen LogP contribution in [0, 0.1) is 0 Å². The second-order valence-electron chi connectivity index (χ2n) is 7.90. The second kappa shape index (κ2) is 9.54. The Morgan fingerprint density at radius 1 is 0.935 bits per heavy atom. The summed E-state index contributed by atoms with van der Waals surface area (Å²) in [7, 11) is -3.97. The molecule has 7 heteroatoms. The number of hydrogen-bond donors (Lipinski definition) is 1. The number of halogens is 1. The number of carbonyl (C=O) groups excluding carboxylic acids is 1. The van der Waals surface area contributed by atoms with Crippen LogP contribution in [0.4, 0.5) is 5.69 Å². The molecule has 5 nitrogen and oxygen atoms in total. The predicted octanol–water partition coefficient (Wildman–Crippen LogP) is 4.67. The van der Waals surface area contributed by atoms with Gasteiger partial charge in [-0.15, -0.1) is 0 Å². The molecule has 3 rings (SSSR count). The van der Waals surface area contributed by atoms with E-state index in [1.807, 2.05) is 44.2 Å². The zero-order chi connectivity index (χ0) is 22.5. The number of carbonyl (C=O) groups is 1. The summed E-state index contributed by atoms with van der Waals surface area (Å²) in [5.74, 6) is -0.402. The van der Waals surface area contributed by atoms with E-state index < -0.39 is 21.5 Å². The zero-order valence-corrected chi connectivity index (χ0v) is 19.0. The number of rotatable bonds is 8. The second-order valence-corrected chi connectivity index (χ2v) is 10.2. The lowest BCUT2D eigenvalue weighted by Gasteiger charge is -2.29. The highest BCUT2D eigenvalue weighted by atomic mass is 35.5. The molecule has 3 aromatic carbocycles. The smallest absolute Gasteiger partial charge is 0.264 e. The molecule has 0 radical (unpaired) electrons. The SMILES string of the molecule is CC(C)(Cc1ccccc1)NC(=O)CN(c1cccc(Cl)c1)S(=O)(=O)c1ccccc1. The first-order valence-corrected chi connectivity index (χ1v) is 11.7. The van der Waals surface area contributed by atoms with Gasteiger partial charge in [0.1, 0.15) is 6.54 Å². The molecule has 0 spiro atoms. The van der Waals surface area contributed by atoms with Crippen molar-refractivity contribution in [1.82, 2.24) is 5.32 Å². The van der Waals surface area contributed by atoms with Gasteiger partial charge in [0.05, 0.1) is 10.6 Å². The van der Waals surface area contributed by atoms with Crippen molar-refractivity contribution >= 4 is 33.2 Å². The van der Waals surface area contributed by atoms with E-state index in [1.54, 1.807) is 36.4 Å². The molecule has 0 saturated carbocycles. The number of amides is 1. The number of hydrogen-bond acceptors (Lipinski definition) is 3. The van der Waals surface area contributed by atoms with E-state index in [2.05, 4.69) is 5.32 Å². The molecule has 1 N–H and O–H groups in total. The number of nitrogens with one attached hydrogen (secondary N) is 1. The van der Waals surface area contributed by atoms with Gasteiger partial charge in [-0.1, -0.05) is 66.2 Å². The molecular formula is C24H25ClN2O3S. The first-order valence-electron chi connectivity index (χ1n) is 9.86. The largest absolute Gasteiger partial charge is 0.349 e. The van der Waals surface area contributed by atoms with Crippen LogP contribution in [0.5, 0.6) is 0 Å². The van der Waals surface area contributed by atoms with E-state index >= 15 is 0 Å². The summed E-state index contributed by atoms with van der Waals surface area (Å²) in [6.07, 6.45) is 0.613. The summed E-state index contributed by atoms with van der Waals surface area (Å²) in [5, 5.41) is 3.35. The Kier molecular flexibility index (Phi) is 7.03. The van der Waals surface area contributed by atoms with Crippen molar-refractivity contribution in [2.24, 2.45) is 0 Å². The Labute approximate surface area is 188 Å². The lowest BCUT2D eigenvalue weighted by Crippen LogP contribution is -2.50. The minimum atomic E-state index is -3.97. The molecule has 0 aliphatic rings. The van der Waals surface area contributed by atoms with E-state index in [4.69, 9.17) is 11.6 Å². The van der Waals surface area contributed by atoms with Crippen molar-refractivity contribution in [3.05, 3.63) is 95.5 Å². The summed E-state index contributed by atoms with van der Waals surface area (Å²) in [6, 6.07) is 24.3. The lowest BCUT2D eigenvalue weighted by atomic mass is 9.95. The van der Waals surface area contributed by atoms with Crippen LogP contribution < -0.4 is 9.62 Å². The monoisotopic (exact) mass is 456 g/mol. The molecule has 1 amide bonds. The van der Waals surface area contributed by atoms with Crippen LogP contribution in [0.2, 0.25) is 5.02 Å². The van der Waals surface area contributed by atoms with Crippen molar-refractivity contribution in [2.75, 3.05) is 10.8 Å². The Morgan fingerprint density at radius 3 is 2.16 bits per heavy atom. The van der Waals surface area contributed by atoms with Gasteiger partial charge in [0, 0.05) is 10.6 Å². The van der Waals surface area contributed by atoms with Crippen LogP contribution in [0.15, 0.2) is 89.8 Å². The lowest BCUT2D eigenvalue weighted by molar-refractivity contribution is -0.121. The molecule has 0 unspecified atom stereocenters. The molecule has 0 heterocycles. The number of nitrogens with zero attached hydrogens (tertiary/aromatic N) is 1. The Bertz CT molecular complexity index is 1130. The molecule has 0 aliphatic carbocycles. The van der Waals surface area contributed by atoms with E-state index in [1.165, 1.54) is 18.2 Å². The maximum atomic E-state index is 13.3. The minimum absolute atomic E-state index is 0.103. The fraction of sp³-hybridized carbons (Fsp3) is 0.208. The third kappa shape index (κ3) is 6.09. The molecule has 0 aromatic heterocycles. The van der Waals surface area contributed by atoms with Crippen LogP contribution in [-0.2, 0) is 21.2 Å². The van der Waals surface area contributed by atoms with Gasteiger partial charge in [-0.2, -0.15) is 0 Å². The Balaban J connectivity index is 1.86. The van der Waals surface area contributed by atoms with Crippen LogP contribution in [0.1, 0.15) is 19.4 Å². The van der Waals surface area contributed by atoms with Crippen molar-refractivity contribution in [3.8, 4) is 0 Å². The van der Waals surface area contributed by atoms with Crippen molar-refractivity contribution in [2.45, 2.75) is 30.7 Å². The molecule has 0 aliphatic heterocycles. The summed E-state index contributed by atoms with van der Waals surface area (Å²) in [5.41, 5.74) is 0.846. The first-order chi connectivity index (χ1) is 14.7. The number of benzene rings is 3. The molecule has 162 valence electrons. The summed E-state index contributed by atoms with van der Waals surface area (Å²) >= 11 is 6.10. The zero-order valence-electron chi connectivity index (χ0n) is 17.5. The molecule has 0 saturated heterocycles. The van der Waals surface area contributed by atoms with E-state index in [-0.39, 0.29) is 11.4 Å². The van der Waals surface area contributed by atoms with Gasteiger partial charge in [0.2, 0.25) is 5.91 Å². The average Bonchev–Trinajstić information content (AvgIpc) is 2.72. The standard InChI is InChI=1S/C24H25ClN2O3S/c1-24(2,17-19-10-5-3-6-11-19)26-23(28)18-27(21-13-9-12-20(25)16-21)31(29,30)22-14-7-4-8-15-22/h3-16H,17-18H2,1-2H3,(H,26,28). The van der Waals surface area contributed by atoms with Gasteiger partial charge in [0.15, 0.2) is 0 Å². The summed E-state index contributed by atoms with van der Waals surface area (Å²) in [4.78, 5) is 13.0. The fourth-order valence-electron chi connectivity index (χ4n) is 3.36. The summed E-state index contributed by atoms with van der Waals surface area (Å²) in [6.45, 7) is 3.45. The molecule has 0 fully saturated rings. The van der Waals surface area contributed by atoms with Gasteiger partial charge >= 0.3 is 0 Å². The highest BCUT2D eigenvalue weighted by Crippen LogP contribution is 2.26. The van der Waals surface area contributed by atoms with Gasteiger partial charge in [-0.25, -0.2) is 8.42 Å². The van der Waals surface area contributed by atoms with Crippen LogP contribution in [0.3, 0.4) is 0 Å². The predicted molar refractivity (Wildman–Crippen MR) is 125 cm³/mol. The maximum Gasteiger partial charge on any atom is 0.264 e. The van der Waals surface area contributed by atoms with Crippen molar-refractivity contribution in [1.29, 1.82) is 0 Å². The topological polar surface area (TPSA) is 66.5 Å². The highest BCUT2D eigenvalue weighted by Gasteiger charge is 2.29. The van der Waals surface area contributed by atoms with Crippen molar-refractivity contribution in [3.63, 3.8) is 0 Å². The molecule has 31 heavy (non-hydrogen) atoms. The molecule has 3 aromatic rings. The Hall–Kier alpha value is -2.83. The van der Waals surface area contributed by atoms with Crippen LogP contribution in [0.25, 0.3) is 0 Å². The molecule has 0 bridgehead atoms. The van der Waals surface area contributed by atoms with Crippen molar-refractivity contribution < 1.29 is 13.2 Å². The number of anilines is 1. The van der Waals surface area contributed by atoms with E-state index in [9.17, 15) is 13.2 Å². The fourth-order valence-corrected chi connectivity index (χ4v) is 4.98. The van der Waals surface area contributed by atoms with E-state index in [0.29, 0.717) is 17.1 Å². The van der Waals surface area contributed by atoms with Crippen LogP contribution >= 0.6 is 11.6 Å². The third-order valence-corrected chi connectivity index (χ3v) is 6.70. The third-order valence-electron chi connectivity index (χ3n) is 4.68. The minimum Gasteiger partial charge on any atom is -0.349 e. The maximum absolute atomic E-state index is 13.3. The number of sulfonamides is 1. The first kappa shape index (κ1) is 22.8. The van der Waals surface area contributed by atoms with Gasteiger partial charge in [0.25, 0.3) is 10.0 Å². The summed E-state index contributed by atoms with van der Waals surface area (Å²) < 4.78 is 27.8. The molecular weight excluding hydrogens is 432 g/mol. The Morgan fingerprint density at radius 2 is 1.55 bits per heavy atom.